The molecule has 4 rings (SSSR count). The van der Waals surface area contributed by atoms with Crippen LogP contribution in [0.25, 0.3) is 11.1 Å². The molecule has 0 unspecified atom stereocenters. The lowest BCUT2D eigenvalue weighted by Gasteiger charge is -2.12. The molecule has 1 aromatic carbocycles. The van der Waals surface area contributed by atoms with Gasteiger partial charge in [-0.2, -0.15) is 11.3 Å². The summed E-state index contributed by atoms with van der Waals surface area (Å²) in [6, 6.07) is 7.87. The molecule has 0 bridgehead atoms. The van der Waals surface area contributed by atoms with Gasteiger partial charge in [-0.1, -0.05) is 23.4 Å². The number of fused-ring (bicyclic) bond motifs is 1. The molecule has 5 nitrogen and oxygen atoms in total. The van der Waals surface area contributed by atoms with Gasteiger partial charge in [-0.05, 0) is 46.2 Å². The molecule has 1 atom stereocenters. The number of ether oxygens (including phenoxy) is 1. The topological polar surface area (TPSA) is 64.1 Å². The van der Waals surface area contributed by atoms with Gasteiger partial charge in [0.15, 0.2) is 5.16 Å². The maximum Gasteiger partial charge on any atom is 0.230 e. The largest absolute Gasteiger partial charge is 0.486 e. The number of benzene rings is 1. The average Bonchev–Trinajstić information content (AvgIpc) is 3.35. The van der Waals surface area contributed by atoms with Gasteiger partial charge in [0.1, 0.15) is 11.9 Å². The SMILES string of the molecule is O=C(CSc1ncccn1)NC[C@H]1Cc2cc(-c3ccsc3)cc(Cl)c2O1. The molecule has 2 aromatic heterocycles. The summed E-state index contributed by atoms with van der Waals surface area (Å²) in [4.78, 5) is 20.2. The second-order valence-corrected chi connectivity index (χ2v) is 8.16. The molecule has 0 saturated heterocycles. The highest BCUT2D eigenvalue weighted by Crippen LogP contribution is 2.39. The first-order valence-electron chi connectivity index (χ1n) is 8.37. The predicted molar refractivity (Wildman–Crippen MR) is 109 cm³/mol. The molecular formula is C19H16ClN3O2S2. The van der Waals surface area contributed by atoms with E-state index in [0.717, 1.165) is 28.9 Å². The Labute approximate surface area is 170 Å². The van der Waals surface area contributed by atoms with Gasteiger partial charge < -0.3 is 10.1 Å². The Balaban J connectivity index is 1.32. The van der Waals surface area contributed by atoms with Crippen LogP contribution in [0.1, 0.15) is 5.56 Å². The van der Waals surface area contributed by atoms with Gasteiger partial charge in [0.05, 0.1) is 17.3 Å². The number of hydrogen-bond donors (Lipinski definition) is 1. The van der Waals surface area contributed by atoms with Crippen molar-refractivity contribution in [3.63, 3.8) is 0 Å². The number of carbonyl (C=O) groups is 1. The minimum atomic E-state index is -0.114. The Morgan fingerprint density at radius 2 is 2.19 bits per heavy atom. The fourth-order valence-electron chi connectivity index (χ4n) is 2.87. The number of halogens is 1. The van der Waals surface area contributed by atoms with Crippen molar-refractivity contribution in [1.82, 2.24) is 15.3 Å². The molecule has 3 heterocycles. The zero-order valence-corrected chi connectivity index (χ0v) is 16.6. The average molecular weight is 418 g/mol. The third-order valence-electron chi connectivity index (χ3n) is 4.11. The first-order chi connectivity index (χ1) is 13.2. The van der Waals surface area contributed by atoms with E-state index in [1.807, 2.05) is 11.4 Å². The summed E-state index contributed by atoms with van der Waals surface area (Å²) in [5, 5.41) is 8.25. The third kappa shape index (κ3) is 4.43. The van der Waals surface area contributed by atoms with Crippen molar-refractivity contribution in [3.8, 4) is 16.9 Å². The number of nitrogens with zero attached hydrogens (tertiary/aromatic N) is 2. The maximum absolute atomic E-state index is 12.1. The van der Waals surface area contributed by atoms with Crippen LogP contribution < -0.4 is 10.1 Å². The van der Waals surface area contributed by atoms with Crippen LogP contribution in [0.5, 0.6) is 5.75 Å². The van der Waals surface area contributed by atoms with Gasteiger partial charge >= 0.3 is 0 Å². The van der Waals surface area contributed by atoms with Crippen LogP contribution in [0.15, 0.2) is 52.6 Å². The number of thioether (sulfide) groups is 1. The van der Waals surface area contributed by atoms with E-state index in [1.54, 1.807) is 29.8 Å². The van der Waals surface area contributed by atoms with Crippen LogP contribution in [0.3, 0.4) is 0 Å². The summed E-state index contributed by atoms with van der Waals surface area (Å²) in [6.45, 7) is 0.438. The van der Waals surface area contributed by atoms with E-state index in [1.165, 1.54) is 11.8 Å². The summed E-state index contributed by atoms with van der Waals surface area (Å²) < 4.78 is 5.95. The first kappa shape index (κ1) is 18.3. The molecule has 1 aliphatic heterocycles. The van der Waals surface area contributed by atoms with Crippen molar-refractivity contribution in [1.29, 1.82) is 0 Å². The van der Waals surface area contributed by atoms with E-state index in [2.05, 4.69) is 32.8 Å². The first-order valence-corrected chi connectivity index (χ1v) is 10.7. The minimum absolute atomic E-state index is 0.0722. The van der Waals surface area contributed by atoms with Crippen LogP contribution >= 0.6 is 34.7 Å². The summed E-state index contributed by atoms with van der Waals surface area (Å²) >= 11 is 9.37. The molecule has 0 saturated carbocycles. The van der Waals surface area contributed by atoms with Gasteiger partial charge in [-0.25, -0.2) is 9.97 Å². The highest BCUT2D eigenvalue weighted by atomic mass is 35.5. The van der Waals surface area contributed by atoms with E-state index < -0.39 is 0 Å². The predicted octanol–water partition coefficient (Wildman–Crippen LogP) is 4.07. The maximum atomic E-state index is 12.1. The van der Waals surface area contributed by atoms with Crippen molar-refractivity contribution in [2.24, 2.45) is 0 Å². The highest BCUT2D eigenvalue weighted by molar-refractivity contribution is 7.99. The van der Waals surface area contributed by atoms with Crippen molar-refractivity contribution in [2.45, 2.75) is 17.7 Å². The van der Waals surface area contributed by atoms with Gasteiger partial charge in [0.25, 0.3) is 0 Å². The molecule has 0 radical (unpaired) electrons. The van der Waals surface area contributed by atoms with E-state index in [-0.39, 0.29) is 17.8 Å². The molecule has 0 spiro atoms. The summed E-state index contributed by atoms with van der Waals surface area (Å²) in [7, 11) is 0. The van der Waals surface area contributed by atoms with E-state index in [9.17, 15) is 4.79 Å². The molecule has 3 aromatic rings. The zero-order valence-electron chi connectivity index (χ0n) is 14.2. The van der Waals surface area contributed by atoms with Gasteiger partial charge in [-0.3, -0.25) is 4.79 Å². The zero-order chi connectivity index (χ0) is 18.6. The van der Waals surface area contributed by atoms with Crippen LogP contribution in [0, 0.1) is 0 Å². The van der Waals surface area contributed by atoms with Crippen LogP contribution in [0.4, 0.5) is 0 Å². The van der Waals surface area contributed by atoms with E-state index in [4.69, 9.17) is 16.3 Å². The monoisotopic (exact) mass is 417 g/mol. The Morgan fingerprint density at radius 1 is 1.33 bits per heavy atom. The molecule has 0 aliphatic carbocycles. The molecule has 1 aliphatic rings. The quantitative estimate of drug-likeness (QED) is 0.483. The van der Waals surface area contributed by atoms with Crippen molar-refractivity contribution in [2.75, 3.05) is 12.3 Å². The molecule has 0 fully saturated rings. The molecule has 1 N–H and O–H groups in total. The Hall–Kier alpha value is -2.09. The number of thiophene rings is 1. The lowest BCUT2D eigenvalue weighted by molar-refractivity contribution is -0.118. The van der Waals surface area contributed by atoms with Gasteiger partial charge in [0.2, 0.25) is 5.91 Å². The number of carbonyl (C=O) groups excluding carboxylic acids is 1. The number of hydrogen-bond acceptors (Lipinski definition) is 6. The summed E-state index contributed by atoms with van der Waals surface area (Å²) in [5.41, 5.74) is 3.32. The fraction of sp³-hybridized carbons (Fsp3) is 0.211. The second kappa shape index (κ2) is 8.29. The van der Waals surface area contributed by atoms with Crippen LogP contribution in [-0.2, 0) is 11.2 Å². The minimum Gasteiger partial charge on any atom is -0.486 e. The van der Waals surface area contributed by atoms with Crippen LogP contribution in [0.2, 0.25) is 5.02 Å². The Bertz CT molecular complexity index is 936. The standard InChI is InChI=1S/C19H16ClN3O2S2/c20-16-8-13(12-2-5-26-10-12)6-14-7-15(25-18(14)16)9-23-17(24)11-27-19-21-3-1-4-22-19/h1-6,8,10,15H,7,9,11H2,(H,23,24)/t15-/m1/s1. The number of rotatable bonds is 6. The van der Waals surface area contributed by atoms with Crippen molar-refractivity contribution in [3.05, 3.63) is 58.0 Å². The summed E-state index contributed by atoms with van der Waals surface area (Å²) in [5.74, 6) is 0.922. The number of amides is 1. The third-order valence-corrected chi connectivity index (χ3v) is 5.95. The number of nitrogens with one attached hydrogen (secondary N) is 1. The number of aromatic nitrogens is 2. The molecule has 1 amide bonds. The fourth-order valence-corrected chi connectivity index (χ4v) is 4.45. The van der Waals surface area contributed by atoms with Gasteiger partial charge in [-0.15, -0.1) is 0 Å². The van der Waals surface area contributed by atoms with Crippen molar-refractivity contribution < 1.29 is 9.53 Å². The van der Waals surface area contributed by atoms with Gasteiger partial charge in [0, 0.05) is 24.4 Å². The van der Waals surface area contributed by atoms with Crippen LogP contribution in [-0.4, -0.2) is 34.3 Å². The van der Waals surface area contributed by atoms with E-state index in [0.29, 0.717) is 16.7 Å². The normalized spacial score (nSPS) is 15.2. The molecule has 138 valence electrons. The lowest BCUT2D eigenvalue weighted by Crippen LogP contribution is -2.35. The molecule has 8 heteroatoms. The Morgan fingerprint density at radius 3 is 2.96 bits per heavy atom. The lowest BCUT2D eigenvalue weighted by atomic mass is 10.0. The smallest absolute Gasteiger partial charge is 0.230 e. The second-order valence-electron chi connectivity index (χ2n) is 6.03. The molecular weight excluding hydrogens is 402 g/mol. The van der Waals surface area contributed by atoms with Crippen molar-refractivity contribution >= 4 is 40.6 Å². The Kier molecular flexibility index (Phi) is 5.61. The molecule has 27 heavy (non-hydrogen) atoms. The summed E-state index contributed by atoms with van der Waals surface area (Å²) in [6.07, 6.45) is 3.93. The van der Waals surface area contributed by atoms with E-state index >= 15 is 0 Å². The highest BCUT2D eigenvalue weighted by Gasteiger charge is 2.26.